The van der Waals surface area contributed by atoms with Crippen LogP contribution in [0.4, 0.5) is 0 Å². The summed E-state index contributed by atoms with van der Waals surface area (Å²) < 4.78 is 17.3. The molecule has 0 radical (unpaired) electrons. The number of nitrogens with zero attached hydrogens (tertiary/aromatic N) is 1. The summed E-state index contributed by atoms with van der Waals surface area (Å²) in [5, 5.41) is 0. The van der Waals surface area contributed by atoms with Crippen molar-refractivity contribution in [2.75, 3.05) is 39.5 Å². The molecule has 150 valence electrons. The van der Waals surface area contributed by atoms with E-state index in [2.05, 4.69) is 12.1 Å². The van der Waals surface area contributed by atoms with Crippen molar-refractivity contribution >= 4 is 5.91 Å². The zero-order valence-corrected chi connectivity index (χ0v) is 16.5. The molecule has 2 aliphatic heterocycles. The maximum atomic E-state index is 12.1. The summed E-state index contributed by atoms with van der Waals surface area (Å²) in [6, 6.07) is 10.3. The van der Waals surface area contributed by atoms with Crippen LogP contribution in [0.3, 0.4) is 0 Å². The molecule has 27 heavy (non-hydrogen) atoms. The fourth-order valence-electron chi connectivity index (χ4n) is 4.18. The highest BCUT2D eigenvalue weighted by molar-refractivity contribution is 5.77. The van der Waals surface area contributed by atoms with Crippen molar-refractivity contribution < 1.29 is 19.0 Å². The highest BCUT2D eigenvalue weighted by atomic mass is 16.5. The van der Waals surface area contributed by atoms with Crippen LogP contribution < -0.4 is 0 Å². The monoisotopic (exact) mass is 375 g/mol. The van der Waals surface area contributed by atoms with Crippen molar-refractivity contribution in [2.24, 2.45) is 5.92 Å². The predicted molar refractivity (Wildman–Crippen MR) is 104 cm³/mol. The predicted octanol–water partition coefficient (Wildman–Crippen LogP) is 3.42. The largest absolute Gasteiger partial charge is 0.377 e. The fourth-order valence-corrected chi connectivity index (χ4v) is 4.18. The quantitative estimate of drug-likeness (QED) is 0.653. The standard InChI is InChI=1S/C22H33NO4/c1-2-25-18-21(24)23-12-10-22(11-13-23)16-19(9-15-27-22)8-14-26-17-20-6-4-3-5-7-20/h3-7,19H,2,8-18H2,1H3. The van der Waals surface area contributed by atoms with E-state index in [1.54, 1.807) is 0 Å². The first kappa shape index (κ1) is 20.3. The Bertz CT molecular complexity index is 569. The molecule has 1 unspecified atom stereocenters. The maximum Gasteiger partial charge on any atom is 0.248 e. The van der Waals surface area contributed by atoms with Crippen molar-refractivity contribution in [3.63, 3.8) is 0 Å². The summed E-state index contributed by atoms with van der Waals surface area (Å²) in [4.78, 5) is 14.1. The number of ether oxygens (including phenoxy) is 3. The van der Waals surface area contributed by atoms with Crippen molar-refractivity contribution in [1.29, 1.82) is 0 Å². The van der Waals surface area contributed by atoms with Gasteiger partial charge in [-0.2, -0.15) is 0 Å². The Labute approximate surface area is 163 Å². The molecule has 2 heterocycles. The van der Waals surface area contributed by atoms with E-state index >= 15 is 0 Å². The van der Waals surface area contributed by atoms with Gasteiger partial charge in [0.15, 0.2) is 0 Å². The minimum atomic E-state index is -0.0370. The van der Waals surface area contributed by atoms with Crippen LogP contribution in [0.1, 0.15) is 44.6 Å². The van der Waals surface area contributed by atoms with Crippen LogP contribution in [0.5, 0.6) is 0 Å². The lowest BCUT2D eigenvalue weighted by atomic mass is 9.78. The summed E-state index contributed by atoms with van der Waals surface area (Å²) in [7, 11) is 0. The number of amides is 1. The van der Waals surface area contributed by atoms with Gasteiger partial charge in [0.25, 0.3) is 0 Å². The van der Waals surface area contributed by atoms with Gasteiger partial charge in [-0.15, -0.1) is 0 Å². The van der Waals surface area contributed by atoms with Crippen LogP contribution in [0.25, 0.3) is 0 Å². The van der Waals surface area contributed by atoms with Gasteiger partial charge in [-0.25, -0.2) is 0 Å². The lowest BCUT2D eigenvalue weighted by molar-refractivity contribution is -0.151. The van der Waals surface area contributed by atoms with Gasteiger partial charge in [0, 0.05) is 32.9 Å². The lowest BCUT2D eigenvalue weighted by Crippen LogP contribution is -2.51. The molecule has 3 rings (SSSR count). The van der Waals surface area contributed by atoms with Crippen LogP contribution in [0, 0.1) is 5.92 Å². The molecule has 1 spiro atoms. The highest BCUT2D eigenvalue weighted by Gasteiger charge is 2.40. The van der Waals surface area contributed by atoms with Crippen LogP contribution >= 0.6 is 0 Å². The minimum Gasteiger partial charge on any atom is -0.377 e. The van der Waals surface area contributed by atoms with Crippen molar-refractivity contribution in [3.05, 3.63) is 35.9 Å². The molecular formula is C22H33NO4. The van der Waals surface area contributed by atoms with Gasteiger partial charge in [0.05, 0.1) is 12.2 Å². The van der Waals surface area contributed by atoms with Gasteiger partial charge < -0.3 is 19.1 Å². The molecular weight excluding hydrogens is 342 g/mol. The van der Waals surface area contributed by atoms with Gasteiger partial charge in [-0.1, -0.05) is 30.3 Å². The molecule has 0 N–H and O–H groups in total. The Morgan fingerprint density at radius 3 is 2.74 bits per heavy atom. The van der Waals surface area contributed by atoms with Crippen LogP contribution in [0.2, 0.25) is 0 Å². The number of hydrogen-bond acceptors (Lipinski definition) is 4. The Hall–Kier alpha value is -1.43. The number of benzene rings is 1. The molecule has 2 saturated heterocycles. The third-order valence-electron chi connectivity index (χ3n) is 5.83. The molecule has 5 heteroatoms. The van der Waals surface area contributed by atoms with E-state index in [4.69, 9.17) is 14.2 Å². The number of piperidine rings is 1. The van der Waals surface area contributed by atoms with Crippen molar-refractivity contribution in [2.45, 2.75) is 51.2 Å². The smallest absolute Gasteiger partial charge is 0.248 e. The Morgan fingerprint density at radius 2 is 2.00 bits per heavy atom. The van der Waals surface area contributed by atoms with E-state index in [9.17, 15) is 4.79 Å². The molecule has 5 nitrogen and oxygen atoms in total. The van der Waals surface area contributed by atoms with E-state index < -0.39 is 0 Å². The molecule has 2 aliphatic rings. The van der Waals surface area contributed by atoms with Gasteiger partial charge in [-0.3, -0.25) is 4.79 Å². The van der Waals surface area contributed by atoms with E-state index in [1.807, 2.05) is 30.0 Å². The molecule has 1 amide bonds. The fraction of sp³-hybridized carbons (Fsp3) is 0.682. The van der Waals surface area contributed by atoms with Gasteiger partial charge in [-0.05, 0) is 50.5 Å². The van der Waals surface area contributed by atoms with Gasteiger partial charge in [0.2, 0.25) is 5.91 Å². The minimum absolute atomic E-state index is 0.0370. The summed E-state index contributed by atoms with van der Waals surface area (Å²) in [5.74, 6) is 0.758. The van der Waals surface area contributed by atoms with E-state index in [1.165, 1.54) is 5.56 Å². The number of likely N-dealkylation sites (tertiary alicyclic amines) is 1. The number of rotatable bonds is 8. The second kappa shape index (κ2) is 10.2. The topological polar surface area (TPSA) is 48.0 Å². The average Bonchev–Trinajstić information content (AvgIpc) is 2.71. The van der Waals surface area contributed by atoms with E-state index in [0.717, 1.165) is 58.4 Å². The second-order valence-electron chi connectivity index (χ2n) is 7.74. The molecule has 1 aromatic carbocycles. The number of carbonyl (C=O) groups excluding carboxylic acids is 1. The third kappa shape index (κ3) is 6.03. The first-order valence-corrected chi connectivity index (χ1v) is 10.3. The van der Waals surface area contributed by atoms with Gasteiger partial charge >= 0.3 is 0 Å². The molecule has 2 fully saturated rings. The first-order chi connectivity index (χ1) is 13.2. The Kier molecular flexibility index (Phi) is 7.68. The molecule has 1 atom stereocenters. The zero-order chi connectivity index (χ0) is 19.0. The normalized spacial score (nSPS) is 22.1. The molecule has 0 saturated carbocycles. The summed E-state index contributed by atoms with van der Waals surface area (Å²) in [5.41, 5.74) is 1.19. The Morgan fingerprint density at radius 1 is 1.22 bits per heavy atom. The lowest BCUT2D eigenvalue weighted by Gasteiger charge is -2.46. The second-order valence-corrected chi connectivity index (χ2v) is 7.74. The van der Waals surface area contributed by atoms with E-state index in [-0.39, 0.29) is 18.1 Å². The molecule has 0 bridgehead atoms. The van der Waals surface area contributed by atoms with Crippen LogP contribution in [0.15, 0.2) is 30.3 Å². The van der Waals surface area contributed by atoms with E-state index in [0.29, 0.717) is 19.1 Å². The van der Waals surface area contributed by atoms with Gasteiger partial charge in [0.1, 0.15) is 6.61 Å². The molecule has 0 aliphatic carbocycles. The van der Waals surface area contributed by atoms with Crippen molar-refractivity contribution in [3.8, 4) is 0 Å². The molecule has 0 aromatic heterocycles. The Balaban J connectivity index is 1.38. The van der Waals surface area contributed by atoms with Crippen LogP contribution in [-0.2, 0) is 25.6 Å². The summed E-state index contributed by atoms with van der Waals surface area (Å²) >= 11 is 0. The maximum absolute atomic E-state index is 12.1. The summed E-state index contributed by atoms with van der Waals surface area (Å²) in [6.07, 6.45) is 5.17. The first-order valence-electron chi connectivity index (χ1n) is 10.3. The third-order valence-corrected chi connectivity index (χ3v) is 5.83. The number of carbonyl (C=O) groups is 1. The van der Waals surface area contributed by atoms with Crippen molar-refractivity contribution in [1.82, 2.24) is 4.90 Å². The highest BCUT2D eigenvalue weighted by Crippen LogP contribution is 2.38. The SMILES string of the molecule is CCOCC(=O)N1CCC2(CC1)CC(CCOCc1ccccc1)CCO2. The number of hydrogen-bond donors (Lipinski definition) is 0. The summed E-state index contributed by atoms with van der Waals surface area (Å²) in [6.45, 7) is 6.58. The average molecular weight is 376 g/mol. The van der Waals surface area contributed by atoms with Crippen LogP contribution in [-0.4, -0.2) is 55.9 Å². The molecule has 1 aromatic rings. The zero-order valence-electron chi connectivity index (χ0n) is 16.5.